The van der Waals surface area contributed by atoms with E-state index in [1.807, 2.05) is 18.7 Å². The number of aliphatic carboxylic acids is 1. The molecule has 1 rings (SSSR count). The quantitative estimate of drug-likeness (QED) is 0.829. The highest BCUT2D eigenvalue weighted by atomic mass is 19.1. The van der Waals surface area contributed by atoms with Crippen molar-refractivity contribution in [3.8, 4) is 0 Å². The van der Waals surface area contributed by atoms with Gasteiger partial charge in [-0.2, -0.15) is 0 Å². The molecule has 0 aliphatic rings. The molecule has 0 amide bonds. The number of carboxylic acid groups (broad SMARTS) is 1. The van der Waals surface area contributed by atoms with E-state index in [0.717, 1.165) is 12.2 Å². The number of carbonyl (C=O) groups is 1. The predicted molar refractivity (Wildman–Crippen MR) is 65.7 cm³/mol. The Morgan fingerprint density at radius 1 is 1.47 bits per heavy atom. The first-order valence-electron chi connectivity index (χ1n) is 5.71. The summed E-state index contributed by atoms with van der Waals surface area (Å²) < 4.78 is 13.1. The molecular weight excluding hydrogens is 221 g/mol. The fourth-order valence-electron chi connectivity index (χ4n) is 1.67. The Labute approximate surface area is 101 Å². The van der Waals surface area contributed by atoms with Crippen LogP contribution in [0.3, 0.4) is 0 Å². The molecule has 0 saturated heterocycles. The number of hydrogen-bond acceptors (Lipinski definition) is 2. The van der Waals surface area contributed by atoms with Crippen molar-refractivity contribution in [2.75, 3.05) is 18.0 Å². The van der Waals surface area contributed by atoms with Crippen LogP contribution in [0.1, 0.15) is 20.3 Å². The molecule has 0 fully saturated rings. The second kappa shape index (κ2) is 6.23. The van der Waals surface area contributed by atoms with Crippen LogP contribution in [0.4, 0.5) is 10.1 Å². The predicted octanol–water partition coefficient (Wildman–Crippen LogP) is 2.76. The summed E-state index contributed by atoms with van der Waals surface area (Å²) >= 11 is 0. The molecule has 1 aromatic carbocycles. The Kier molecular flexibility index (Phi) is 4.94. The molecule has 4 heteroatoms. The molecule has 0 atom stereocenters. The number of nitrogens with zero attached hydrogens (tertiary/aromatic N) is 1. The van der Waals surface area contributed by atoms with Crippen LogP contribution in [-0.2, 0) is 4.79 Å². The second-order valence-corrected chi connectivity index (χ2v) is 4.46. The first-order valence-corrected chi connectivity index (χ1v) is 5.71. The maximum absolute atomic E-state index is 13.1. The summed E-state index contributed by atoms with van der Waals surface area (Å²) in [4.78, 5) is 12.5. The van der Waals surface area contributed by atoms with Crippen LogP contribution in [0.2, 0.25) is 0 Å². The summed E-state index contributed by atoms with van der Waals surface area (Å²) in [6, 6.07) is 6.25. The Bertz CT molecular complexity index is 379. The molecule has 0 radical (unpaired) electrons. The van der Waals surface area contributed by atoms with Gasteiger partial charge in [0.25, 0.3) is 0 Å². The molecule has 0 heterocycles. The van der Waals surface area contributed by atoms with E-state index in [1.165, 1.54) is 12.1 Å². The first kappa shape index (κ1) is 13.5. The fourth-order valence-corrected chi connectivity index (χ4v) is 1.67. The maximum atomic E-state index is 13.1. The Hall–Kier alpha value is -1.58. The van der Waals surface area contributed by atoms with Crippen molar-refractivity contribution in [2.24, 2.45) is 5.92 Å². The Morgan fingerprint density at radius 2 is 2.18 bits per heavy atom. The highest BCUT2D eigenvalue weighted by molar-refractivity contribution is 5.67. The largest absolute Gasteiger partial charge is 0.481 e. The van der Waals surface area contributed by atoms with E-state index in [0.29, 0.717) is 12.5 Å². The van der Waals surface area contributed by atoms with Crippen molar-refractivity contribution in [1.82, 2.24) is 0 Å². The molecule has 0 saturated carbocycles. The van der Waals surface area contributed by atoms with Crippen molar-refractivity contribution >= 4 is 11.7 Å². The van der Waals surface area contributed by atoms with Crippen LogP contribution < -0.4 is 4.90 Å². The topological polar surface area (TPSA) is 40.5 Å². The normalized spacial score (nSPS) is 10.6. The molecule has 0 spiro atoms. The van der Waals surface area contributed by atoms with Gasteiger partial charge in [-0.1, -0.05) is 19.9 Å². The van der Waals surface area contributed by atoms with Crippen LogP contribution in [0.15, 0.2) is 24.3 Å². The van der Waals surface area contributed by atoms with E-state index in [4.69, 9.17) is 5.11 Å². The molecule has 0 aromatic heterocycles. The number of carboxylic acids is 1. The van der Waals surface area contributed by atoms with Crippen LogP contribution in [0.25, 0.3) is 0 Å². The third-order valence-electron chi connectivity index (χ3n) is 2.35. The van der Waals surface area contributed by atoms with Crippen LogP contribution >= 0.6 is 0 Å². The zero-order chi connectivity index (χ0) is 12.8. The van der Waals surface area contributed by atoms with Crippen molar-refractivity contribution < 1.29 is 14.3 Å². The van der Waals surface area contributed by atoms with Gasteiger partial charge in [-0.05, 0) is 24.1 Å². The van der Waals surface area contributed by atoms with Crippen LogP contribution in [-0.4, -0.2) is 24.2 Å². The number of rotatable bonds is 6. The van der Waals surface area contributed by atoms with Gasteiger partial charge < -0.3 is 10.0 Å². The van der Waals surface area contributed by atoms with Gasteiger partial charge in [0.1, 0.15) is 5.82 Å². The second-order valence-electron chi connectivity index (χ2n) is 4.46. The van der Waals surface area contributed by atoms with E-state index < -0.39 is 5.97 Å². The third-order valence-corrected chi connectivity index (χ3v) is 2.35. The minimum absolute atomic E-state index is 0.0588. The van der Waals surface area contributed by atoms with Crippen molar-refractivity contribution in [3.05, 3.63) is 30.1 Å². The lowest BCUT2D eigenvalue weighted by Gasteiger charge is -2.26. The van der Waals surface area contributed by atoms with Gasteiger partial charge in [-0.15, -0.1) is 0 Å². The van der Waals surface area contributed by atoms with E-state index in [9.17, 15) is 9.18 Å². The number of halogens is 1. The lowest BCUT2D eigenvalue weighted by Crippen LogP contribution is -2.30. The third kappa shape index (κ3) is 4.85. The average molecular weight is 239 g/mol. The van der Waals surface area contributed by atoms with Gasteiger partial charge in [-0.25, -0.2) is 4.39 Å². The molecule has 1 N–H and O–H groups in total. The van der Waals surface area contributed by atoms with E-state index in [-0.39, 0.29) is 12.2 Å². The van der Waals surface area contributed by atoms with Crippen LogP contribution in [0.5, 0.6) is 0 Å². The lowest BCUT2D eigenvalue weighted by atomic mass is 10.1. The van der Waals surface area contributed by atoms with Gasteiger partial charge >= 0.3 is 5.97 Å². The number of anilines is 1. The first-order chi connectivity index (χ1) is 7.99. The zero-order valence-corrected chi connectivity index (χ0v) is 10.2. The van der Waals surface area contributed by atoms with Crippen molar-refractivity contribution in [2.45, 2.75) is 20.3 Å². The SMILES string of the molecule is CC(C)CN(CCC(=O)O)c1cccc(F)c1. The monoisotopic (exact) mass is 239 g/mol. The minimum atomic E-state index is -0.838. The molecule has 94 valence electrons. The number of hydrogen-bond donors (Lipinski definition) is 1. The summed E-state index contributed by atoms with van der Waals surface area (Å²) in [6.45, 7) is 5.22. The molecule has 17 heavy (non-hydrogen) atoms. The standard InChI is InChI=1S/C13H18FNO2/c1-10(2)9-15(7-6-13(16)17)12-5-3-4-11(14)8-12/h3-5,8,10H,6-7,9H2,1-2H3,(H,16,17). The minimum Gasteiger partial charge on any atom is -0.481 e. The summed E-state index contributed by atoms with van der Waals surface area (Å²) in [6.07, 6.45) is 0.0588. The highest BCUT2D eigenvalue weighted by Crippen LogP contribution is 2.17. The molecule has 3 nitrogen and oxygen atoms in total. The summed E-state index contributed by atoms with van der Waals surface area (Å²) in [5.41, 5.74) is 0.736. The smallest absolute Gasteiger partial charge is 0.305 e. The molecule has 0 aliphatic heterocycles. The van der Waals surface area contributed by atoms with E-state index >= 15 is 0 Å². The lowest BCUT2D eigenvalue weighted by molar-refractivity contribution is -0.136. The van der Waals surface area contributed by atoms with Gasteiger partial charge in [0, 0.05) is 18.8 Å². The molecular formula is C13H18FNO2. The average Bonchev–Trinajstić information content (AvgIpc) is 2.23. The van der Waals surface area contributed by atoms with Gasteiger partial charge in [0.05, 0.1) is 6.42 Å². The summed E-state index contributed by atoms with van der Waals surface area (Å²) in [5.74, 6) is -0.742. The van der Waals surface area contributed by atoms with Crippen molar-refractivity contribution in [1.29, 1.82) is 0 Å². The molecule has 0 aliphatic carbocycles. The molecule has 0 bridgehead atoms. The van der Waals surface area contributed by atoms with Crippen LogP contribution in [0, 0.1) is 11.7 Å². The van der Waals surface area contributed by atoms with Gasteiger partial charge in [-0.3, -0.25) is 4.79 Å². The summed E-state index contributed by atoms with van der Waals surface area (Å²) in [7, 11) is 0. The Morgan fingerprint density at radius 3 is 2.71 bits per heavy atom. The van der Waals surface area contributed by atoms with Gasteiger partial charge in [0.2, 0.25) is 0 Å². The molecule has 0 unspecified atom stereocenters. The van der Waals surface area contributed by atoms with E-state index in [2.05, 4.69) is 0 Å². The number of benzene rings is 1. The summed E-state index contributed by atoms with van der Waals surface area (Å²) in [5, 5.41) is 8.70. The van der Waals surface area contributed by atoms with Crippen molar-refractivity contribution in [3.63, 3.8) is 0 Å². The zero-order valence-electron chi connectivity index (χ0n) is 10.2. The highest BCUT2D eigenvalue weighted by Gasteiger charge is 2.10. The Balaban J connectivity index is 2.77. The fraction of sp³-hybridized carbons (Fsp3) is 0.462. The van der Waals surface area contributed by atoms with Gasteiger partial charge in [0.15, 0.2) is 0 Å². The maximum Gasteiger partial charge on any atom is 0.305 e. The molecule has 1 aromatic rings. The van der Waals surface area contributed by atoms with E-state index in [1.54, 1.807) is 12.1 Å².